The topological polar surface area (TPSA) is 26.0 Å². The lowest BCUT2D eigenvalue weighted by atomic mass is 10.0. The number of hydrogen-bond donors (Lipinski definition) is 1. The minimum Gasteiger partial charge on any atom is -0.324 e. The molecule has 16 heavy (non-hydrogen) atoms. The fourth-order valence-corrected chi connectivity index (χ4v) is 1.64. The van der Waals surface area contributed by atoms with Gasteiger partial charge in [-0.15, -0.1) is 12.4 Å². The van der Waals surface area contributed by atoms with Crippen molar-refractivity contribution in [2.45, 2.75) is 25.1 Å². The first-order chi connectivity index (χ1) is 6.88. The zero-order valence-corrected chi connectivity index (χ0v) is 10.7. The van der Waals surface area contributed by atoms with E-state index in [1.54, 1.807) is 24.3 Å². The highest BCUT2D eigenvalue weighted by Gasteiger charge is 2.27. The predicted octanol–water partition coefficient (Wildman–Crippen LogP) is 4.21. The van der Waals surface area contributed by atoms with Crippen LogP contribution in [0.5, 0.6) is 0 Å². The second kappa shape index (κ2) is 6.47. The Morgan fingerprint density at radius 2 is 1.94 bits per heavy atom. The van der Waals surface area contributed by atoms with E-state index in [9.17, 15) is 13.2 Å². The Hall–Kier alpha value is -0.260. The fourth-order valence-electron chi connectivity index (χ4n) is 1.22. The van der Waals surface area contributed by atoms with Crippen molar-refractivity contribution < 1.29 is 13.2 Å². The van der Waals surface area contributed by atoms with E-state index in [1.165, 1.54) is 0 Å². The van der Waals surface area contributed by atoms with Gasteiger partial charge < -0.3 is 5.73 Å². The van der Waals surface area contributed by atoms with Crippen LogP contribution in [0.2, 0.25) is 0 Å². The summed E-state index contributed by atoms with van der Waals surface area (Å²) in [5.74, 6) is 0. The summed E-state index contributed by atoms with van der Waals surface area (Å²) in [6.45, 7) is 0. The molecule has 0 aliphatic heterocycles. The third kappa shape index (κ3) is 5.72. The summed E-state index contributed by atoms with van der Waals surface area (Å²) in [4.78, 5) is 0. The van der Waals surface area contributed by atoms with E-state index in [0.717, 1.165) is 4.47 Å². The maximum Gasteiger partial charge on any atom is 0.389 e. The molecule has 0 radical (unpaired) electrons. The smallest absolute Gasteiger partial charge is 0.324 e. The van der Waals surface area contributed by atoms with Gasteiger partial charge in [-0.2, -0.15) is 13.2 Å². The van der Waals surface area contributed by atoms with Gasteiger partial charge in [0.05, 0.1) is 0 Å². The van der Waals surface area contributed by atoms with E-state index in [0.29, 0.717) is 5.56 Å². The highest BCUT2D eigenvalue weighted by atomic mass is 79.9. The Morgan fingerprint density at radius 3 is 2.44 bits per heavy atom. The summed E-state index contributed by atoms with van der Waals surface area (Å²) in [6.07, 6.45) is -5.07. The van der Waals surface area contributed by atoms with Crippen molar-refractivity contribution in [3.63, 3.8) is 0 Å². The van der Waals surface area contributed by atoms with E-state index in [-0.39, 0.29) is 18.8 Å². The van der Waals surface area contributed by atoms with Crippen LogP contribution in [0.3, 0.4) is 0 Å². The second-order valence-electron chi connectivity index (χ2n) is 3.32. The van der Waals surface area contributed by atoms with Crippen molar-refractivity contribution in [2.24, 2.45) is 5.73 Å². The molecule has 0 saturated heterocycles. The molecule has 1 rings (SSSR count). The molecule has 0 aliphatic carbocycles. The number of halogens is 5. The highest BCUT2D eigenvalue weighted by molar-refractivity contribution is 9.10. The van der Waals surface area contributed by atoms with Crippen molar-refractivity contribution in [3.8, 4) is 0 Å². The van der Waals surface area contributed by atoms with Crippen LogP contribution in [0, 0.1) is 0 Å². The molecule has 2 N–H and O–H groups in total. The third-order valence-corrected chi connectivity index (χ3v) is 2.51. The Labute approximate surface area is 107 Å². The van der Waals surface area contributed by atoms with Gasteiger partial charge in [-0.1, -0.05) is 28.1 Å². The Bertz CT molecular complexity index is 330. The minimum atomic E-state index is -4.14. The Kier molecular flexibility index (Phi) is 6.36. The average Bonchev–Trinajstić information content (AvgIpc) is 2.13. The monoisotopic (exact) mass is 317 g/mol. The predicted molar refractivity (Wildman–Crippen MR) is 63.6 cm³/mol. The molecule has 0 saturated carbocycles. The van der Waals surface area contributed by atoms with Gasteiger partial charge in [0.15, 0.2) is 0 Å². The first-order valence-electron chi connectivity index (χ1n) is 4.46. The lowest BCUT2D eigenvalue weighted by Crippen LogP contribution is -2.15. The summed E-state index contributed by atoms with van der Waals surface area (Å²) in [6, 6.07) is 6.46. The van der Waals surface area contributed by atoms with Crippen LogP contribution in [0.4, 0.5) is 13.2 Å². The average molecular weight is 319 g/mol. The molecule has 1 atom stereocenters. The van der Waals surface area contributed by atoms with Crippen LogP contribution in [0.15, 0.2) is 28.7 Å². The van der Waals surface area contributed by atoms with E-state index in [1.807, 2.05) is 0 Å². The van der Waals surface area contributed by atoms with Crippen molar-refractivity contribution >= 4 is 28.3 Å². The molecule has 1 aromatic rings. The van der Waals surface area contributed by atoms with Gasteiger partial charge in [-0.25, -0.2) is 0 Å². The van der Waals surface area contributed by atoms with Crippen LogP contribution < -0.4 is 5.73 Å². The largest absolute Gasteiger partial charge is 0.389 e. The molecule has 0 aliphatic rings. The summed E-state index contributed by atoms with van der Waals surface area (Å²) in [5.41, 5.74) is 6.37. The second-order valence-corrected chi connectivity index (χ2v) is 4.23. The van der Waals surface area contributed by atoms with E-state index >= 15 is 0 Å². The van der Waals surface area contributed by atoms with Gasteiger partial charge in [-0.3, -0.25) is 0 Å². The van der Waals surface area contributed by atoms with Gasteiger partial charge in [-0.05, 0) is 24.1 Å². The molecule has 1 nitrogen and oxygen atoms in total. The zero-order valence-electron chi connectivity index (χ0n) is 8.30. The molecule has 0 amide bonds. The van der Waals surface area contributed by atoms with E-state index in [4.69, 9.17) is 5.73 Å². The first-order valence-corrected chi connectivity index (χ1v) is 5.25. The van der Waals surface area contributed by atoms with Crippen molar-refractivity contribution in [1.82, 2.24) is 0 Å². The van der Waals surface area contributed by atoms with E-state index in [2.05, 4.69) is 15.9 Å². The zero-order chi connectivity index (χ0) is 11.5. The van der Waals surface area contributed by atoms with Gasteiger partial charge >= 0.3 is 6.18 Å². The molecule has 6 heteroatoms. The summed E-state index contributed by atoms with van der Waals surface area (Å²) < 4.78 is 36.7. The molecule has 0 bridgehead atoms. The fraction of sp³-hybridized carbons (Fsp3) is 0.400. The lowest BCUT2D eigenvalue weighted by Gasteiger charge is -2.13. The summed E-state index contributed by atoms with van der Waals surface area (Å²) in [5, 5.41) is 0. The lowest BCUT2D eigenvalue weighted by molar-refractivity contribution is -0.136. The maximum absolute atomic E-state index is 11.9. The van der Waals surface area contributed by atoms with Gasteiger partial charge in [0, 0.05) is 16.9 Å². The molecule has 92 valence electrons. The Balaban J connectivity index is 0.00000225. The molecule has 0 unspecified atom stereocenters. The van der Waals surface area contributed by atoms with E-state index < -0.39 is 18.6 Å². The number of hydrogen-bond acceptors (Lipinski definition) is 1. The molecule has 0 heterocycles. The highest BCUT2D eigenvalue weighted by Crippen LogP contribution is 2.27. The van der Waals surface area contributed by atoms with Crippen LogP contribution in [0.25, 0.3) is 0 Å². The third-order valence-electron chi connectivity index (χ3n) is 2.02. The molecular formula is C10H12BrClF3N. The van der Waals surface area contributed by atoms with Crippen LogP contribution in [-0.2, 0) is 0 Å². The number of nitrogens with two attached hydrogens (primary N) is 1. The quantitative estimate of drug-likeness (QED) is 0.887. The standard InChI is InChI=1S/C10H11BrF3N.ClH/c11-8-3-1-2-7(6-8)9(15)4-5-10(12,13)14;/h1-3,6,9H,4-5,15H2;1H/t9-;/m1./s1. The molecule has 1 aromatic carbocycles. The summed E-state index contributed by atoms with van der Waals surface area (Å²) in [7, 11) is 0. The number of rotatable bonds is 3. The van der Waals surface area contributed by atoms with Crippen LogP contribution in [-0.4, -0.2) is 6.18 Å². The van der Waals surface area contributed by atoms with Gasteiger partial charge in [0.25, 0.3) is 0 Å². The van der Waals surface area contributed by atoms with Gasteiger partial charge in [0.2, 0.25) is 0 Å². The molecule has 0 aromatic heterocycles. The molecular weight excluding hydrogens is 306 g/mol. The SMILES string of the molecule is Cl.N[C@H](CCC(F)(F)F)c1cccc(Br)c1. The van der Waals surface area contributed by atoms with Gasteiger partial charge in [0.1, 0.15) is 0 Å². The summed E-state index contributed by atoms with van der Waals surface area (Å²) >= 11 is 3.24. The van der Waals surface area contributed by atoms with Crippen molar-refractivity contribution in [2.75, 3.05) is 0 Å². The molecule has 0 fully saturated rings. The Morgan fingerprint density at radius 1 is 1.31 bits per heavy atom. The van der Waals surface area contributed by atoms with Crippen molar-refractivity contribution in [3.05, 3.63) is 34.3 Å². The van der Waals surface area contributed by atoms with Crippen molar-refractivity contribution in [1.29, 1.82) is 0 Å². The van der Waals surface area contributed by atoms with Crippen LogP contribution in [0.1, 0.15) is 24.4 Å². The molecule has 0 spiro atoms. The first kappa shape index (κ1) is 15.7. The number of alkyl halides is 3. The minimum absolute atomic E-state index is 0. The number of benzene rings is 1. The maximum atomic E-state index is 11.9. The normalized spacial score (nSPS) is 13.1. The van der Waals surface area contributed by atoms with Crippen LogP contribution >= 0.6 is 28.3 Å².